The summed E-state index contributed by atoms with van der Waals surface area (Å²) in [4.78, 5) is 16.4. The molecule has 2 rings (SSSR count). The van der Waals surface area contributed by atoms with Gasteiger partial charge in [0.25, 0.3) is 0 Å². The lowest BCUT2D eigenvalue weighted by Gasteiger charge is -2.19. The molecule has 6 heteroatoms. The summed E-state index contributed by atoms with van der Waals surface area (Å²) in [6.07, 6.45) is 1.50. The standard InChI is InChI=1S/C13H14FN3O2/c1-15-10-6-16-13(17(2)7-11(18)19)8-4-3-5-9(14)12(8)10/h3-6,15H,7H2,1-2H3,(H,18,19). The first-order valence-corrected chi connectivity index (χ1v) is 5.72. The van der Waals surface area contributed by atoms with Gasteiger partial charge in [-0.1, -0.05) is 12.1 Å². The maximum atomic E-state index is 13.9. The van der Waals surface area contributed by atoms with E-state index >= 15 is 0 Å². The normalized spacial score (nSPS) is 10.5. The molecule has 0 aliphatic carbocycles. The number of pyridine rings is 1. The number of anilines is 2. The highest BCUT2D eigenvalue weighted by molar-refractivity contribution is 6.01. The van der Waals surface area contributed by atoms with Gasteiger partial charge in [-0.3, -0.25) is 4.79 Å². The monoisotopic (exact) mass is 263 g/mol. The number of rotatable bonds is 4. The van der Waals surface area contributed by atoms with Gasteiger partial charge < -0.3 is 15.3 Å². The minimum absolute atomic E-state index is 0.197. The van der Waals surface area contributed by atoms with E-state index in [1.807, 2.05) is 0 Å². The molecule has 0 radical (unpaired) electrons. The van der Waals surface area contributed by atoms with Crippen LogP contribution in [0, 0.1) is 5.82 Å². The SMILES string of the molecule is CNc1cnc(N(C)CC(=O)O)c2cccc(F)c12. The quantitative estimate of drug-likeness (QED) is 0.882. The summed E-state index contributed by atoms with van der Waals surface area (Å²) in [6.45, 7) is -0.197. The van der Waals surface area contributed by atoms with Crippen LogP contribution in [0.15, 0.2) is 24.4 Å². The lowest BCUT2D eigenvalue weighted by Crippen LogP contribution is -2.26. The molecular weight excluding hydrogens is 249 g/mol. The molecule has 5 nitrogen and oxygen atoms in total. The average Bonchev–Trinajstić information content (AvgIpc) is 2.37. The van der Waals surface area contributed by atoms with Gasteiger partial charge in [-0.15, -0.1) is 0 Å². The van der Waals surface area contributed by atoms with E-state index in [0.29, 0.717) is 22.3 Å². The minimum Gasteiger partial charge on any atom is -0.480 e. The van der Waals surface area contributed by atoms with Gasteiger partial charge in [0.05, 0.1) is 11.9 Å². The number of carbonyl (C=O) groups is 1. The van der Waals surface area contributed by atoms with Gasteiger partial charge in [-0.2, -0.15) is 0 Å². The highest BCUT2D eigenvalue weighted by Gasteiger charge is 2.15. The summed E-state index contributed by atoms with van der Waals surface area (Å²) in [7, 11) is 3.30. The number of fused-ring (bicyclic) bond motifs is 1. The number of nitrogens with one attached hydrogen (secondary N) is 1. The van der Waals surface area contributed by atoms with Gasteiger partial charge in [-0.05, 0) is 6.07 Å². The van der Waals surface area contributed by atoms with E-state index in [0.717, 1.165) is 0 Å². The zero-order chi connectivity index (χ0) is 14.0. The number of hydrogen-bond acceptors (Lipinski definition) is 4. The van der Waals surface area contributed by atoms with Crippen LogP contribution in [0.2, 0.25) is 0 Å². The fourth-order valence-corrected chi connectivity index (χ4v) is 2.02. The van der Waals surface area contributed by atoms with E-state index in [9.17, 15) is 9.18 Å². The predicted octanol–water partition coefficient (Wildman–Crippen LogP) is 1.94. The molecule has 1 aromatic carbocycles. The predicted molar refractivity (Wildman–Crippen MR) is 72.2 cm³/mol. The van der Waals surface area contributed by atoms with E-state index < -0.39 is 5.97 Å². The molecule has 0 bridgehead atoms. The molecule has 19 heavy (non-hydrogen) atoms. The van der Waals surface area contributed by atoms with E-state index in [1.165, 1.54) is 17.2 Å². The van der Waals surface area contributed by atoms with Crippen molar-refractivity contribution in [2.24, 2.45) is 0 Å². The van der Waals surface area contributed by atoms with Crippen molar-refractivity contribution in [1.82, 2.24) is 4.98 Å². The van der Waals surface area contributed by atoms with Crippen molar-refractivity contribution in [2.75, 3.05) is 30.9 Å². The Morgan fingerprint density at radius 2 is 2.26 bits per heavy atom. The van der Waals surface area contributed by atoms with Crippen molar-refractivity contribution >= 4 is 28.2 Å². The molecule has 2 N–H and O–H groups in total. The van der Waals surface area contributed by atoms with Gasteiger partial charge in [0.1, 0.15) is 18.2 Å². The first-order chi connectivity index (χ1) is 9.04. The Morgan fingerprint density at radius 1 is 1.53 bits per heavy atom. The minimum atomic E-state index is -0.966. The number of carboxylic acids is 1. The van der Waals surface area contributed by atoms with Crippen LogP contribution in [0.4, 0.5) is 15.9 Å². The van der Waals surface area contributed by atoms with Crippen LogP contribution in [0.25, 0.3) is 10.8 Å². The Morgan fingerprint density at radius 3 is 2.89 bits per heavy atom. The summed E-state index contributed by atoms with van der Waals surface area (Å²) < 4.78 is 13.9. The third-order valence-corrected chi connectivity index (χ3v) is 2.84. The Balaban J connectivity index is 2.64. The second kappa shape index (κ2) is 5.09. The molecule has 0 saturated carbocycles. The van der Waals surface area contributed by atoms with Crippen LogP contribution < -0.4 is 10.2 Å². The second-order valence-corrected chi connectivity index (χ2v) is 4.16. The molecule has 2 aromatic rings. The van der Waals surface area contributed by atoms with Gasteiger partial charge in [0.2, 0.25) is 0 Å². The van der Waals surface area contributed by atoms with Crippen LogP contribution in [-0.2, 0) is 4.79 Å². The fraction of sp³-hybridized carbons (Fsp3) is 0.231. The summed E-state index contributed by atoms with van der Waals surface area (Å²) in [5, 5.41) is 12.7. The summed E-state index contributed by atoms with van der Waals surface area (Å²) in [5.74, 6) is -0.892. The van der Waals surface area contributed by atoms with Gasteiger partial charge in [-0.25, -0.2) is 9.37 Å². The van der Waals surface area contributed by atoms with Crippen LogP contribution in [0.1, 0.15) is 0 Å². The number of hydrogen-bond donors (Lipinski definition) is 2. The molecule has 1 heterocycles. The number of carboxylic acid groups (broad SMARTS) is 1. The number of halogens is 1. The van der Waals surface area contributed by atoms with Crippen molar-refractivity contribution in [3.8, 4) is 0 Å². The third kappa shape index (κ3) is 2.42. The van der Waals surface area contributed by atoms with E-state index in [2.05, 4.69) is 10.3 Å². The zero-order valence-electron chi connectivity index (χ0n) is 10.6. The van der Waals surface area contributed by atoms with Gasteiger partial charge in [0.15, 0.2) is 0 Å². The highest BCUT2D eigenvalue weighted by atomic mass is 19.1. The van der Waals surface area contributed by atoms with E-state index in [1.54, 1.807) is 26.2 Å². The Bertz CT molecular complexity index is 631. The maximum Gasteiger partial charge on any atom is 0.323 e. The van der Waals surface area contributed by atoms with Crippen LogP contribution in [0.5, 0.6) is 0 Å². The number of aromatic nitrogens is 1. The molecule has 0 atom stereocenters. The Labute approximate surface area is 109 Å². The number of aliphatic carboxylic acids is 1. The maximum absolute atomic E-state index is 13.9. The summed E-state index contributed by atoms with van der Waals surface area (Å²) in [6, 6.07) is 4.67. The van der Waals surface area contributed by atoms with E-state index in [-0.39, 0.29) is 12.4 Å². The van der Waals surface area contributed by atoms with Crippen molar-refractivity contribution in [1.29, 1.82) is 0 Å². The van der Waals surface area contributed by atoms with Crippen molar-refractivity contribution < 1.29 is 14.3 Å². The largest absolute Gasteiger partial charge is 0.480 e. The average molecular weight is 263 g/mol. The lowest BCUT2D eigenvalue weighted by molar-refractivity contribution is -0.135. The lowest BCUT2D eigenvalue weighted by atomic mass is 10.1. The van der Waals surface area contributed by atoms with Gasteiger partial charge >= 0.3 is 5.97 Å². The summed E-state index contributed by atoms with van der Waals surface area (Å²) in [5.41, 5.74) is 0.570. The van der Waals surface area contributed by atoms with Crippen LogP contribution in [0.3, 0.4) is 0 Å². The molecular formula is C13H14FN3O2. The molecule has 100 valence electrons. The molecule has 0 amide bonds. The fourth-order valence-electron chi connectivity index (χ4n) is 2.02. The molecule has 0 aliphatic heterocycles. The molecule has 0 saturated heterocycles. The molecule has 0 aliphatic rings. The van der Waals surface area contributed by atoms with Crippen LogP contribution in [-0.4, -0.2) is 36.7 Å². The second-order valence-electron chi connectivity index (χ2n) is 4.16. The van der Waals surface area contributed by atoms with Crippen molar-refractivity contribution in [2.45, 2.75) is 0 Å². The Hall–Kier alpha value is -2.37. The third-order valence-electron chi connectivity index (χ3n) is 2.84. The number of benzene rings is 1. The topological polar surface area (TPSA) is 65.5 Å². The molecule has 1 aromatic heterocycles. The first kappa shape index (κ1) is 13.1. The van der Waals surface area contributed by atoms with Crippen LogP contribution >= 0.6 is 0 Å². The first-order valence-electron chi connectivity index (χ1n) is 5.72. The smallest absolute Gasteiger partial charge is 0.323 e. The van der Waals surface area contributed by atoms with Crippen molar-refractivity contribution in [3.63, 3.8) is 0 Å². The molecule has 0 unspecified atom stereocenters. The molecule has 0 spiro atoms. The van der Waals surface area contributed by atoms with Crippen molar-refractivity contribution in [3.05, 3.63) is 30.2 Å². The summed E-state index contributed by atoms with van der Waals surface area (Å²) >= 11 is 0. The highest BCUT2D eigenvalue weighted by Crippen LogP contribution is 2.31. The van der Waals surface area contributed by atoms with Gasteiger partial charge in [0, 0.05) is 24.9 Å². The number of nitrogens with zero attached hydrogens (tertiary/aromatic N) is 2. The zero-order valence-corrected chi connectivity index (χ0v) is 10.6. The molecule has 0 fully saturated rings. The van der Waals surface area contributed by atoms with E-state index in [4.69, 9.17) is 5.11 Å². The number of likely N-dealkylation sites (N-methyl/N-ethyl adjacent to an activating group) is 1. The Kier molecular flexibility index (Phi) is 3.50.